The van der Waals surface area contributed by atoms with Crippen molar-refractivity contribution in [1.82, 2.24) is 15.0 Å². The number of hydrogen-bond donors (Lipinski definition) is 0. The van der Waals surface area contributed by atoms with Gasteiger partial charge in [-0.1, -0.05) is 50.6 Å². The molecule has 6 rings (SSSR count). The van der Waals surface area contributed by atoms with Crippen molar-refractivity contribution in [2.45, 2.75) is 84.5 Å². The van der Waals surface area contributed by atoms with E-state index in [1.54, 1.807) is 6.20 Å². The van der Waals surface area contributed by atoms with Crippen LogP contribution in [0.15, 0.2) is 18.3 Å². The zero-order chi connectivity index (χ0) is 24.4. The van der Waals surface area contributed by atoms with E-state index in [4.69, 9.17) is 16.6 Å². The lowest BCUT2D eigenvalue weighted by molar-refractivity contribution is 0.374. The molecule has 1 saturated heterocycles. The Kier molecular flexibility index (Phi) is 7.52. The lowest BCUT2D eigenvalue weighted by Gasteiger charge is -2.34. The summed E-state index contributed by atoms with van der Waals surface area (Å²) in [5.41, 5.74) is 3.53. The van der Waals surface area contributed by atoms with Crippen molar-refractivity contribution in [3.8, 4) is 11.3 Å². The maximum absolute atomic E-state index is 16.2. The molecule has 0 aliphatic carbocycles. The normalized spacial score (nSPS) is 19.5. The van der Waals surface area contributed by atoms with Crippen molar-refractivity contribution >= 4 is 28.3 Å². The molecule has 5 heterocycles. The van der Waals surface area contributed by atoms with E-state index < -0.39 is 0 Å². The molecule has 1 fully saturated rings. The lowest BCUT2D eigenvalue weighted by Crippen LogP contribution is -2.36. The summed E-state index contributed by atoms with van der Waals surface area (Å²) in [4.78, 5) is 16.6. The minimum Gasteiger partial charge on any atom is -0.356 e. The van der Waals surface area contributed by atoms with Crippen LogP contribution >= 0.6 is 11.6 Å². The van der Waals surface area contributed by atoms with Gasteiger partial charge in [-0.05, 0) is 68.2 Å². The zero-order valence-electron chi connectivity index (χ0n) is 21.0. The molecule has 4 nitrogen and oxygen atoms in total. The second-order valence-corrected chi connectivity index (χ2v) is 10.8. The first-order chi connectivity index (χ1) is 17.0. The third-order valence-electron chi connectivity index (χ3n) is 7.73. The minimum atomic E-state index is -0.363. The number of pyridine rings is 1. The number of anilines is 1. The highest BCUT2D eigenvalue weighted by Crippen LogP contribution is 2.37. The van der Waals surface area contributed by atoms with Crippen molar-refractivity contribution in [3.05, 3.63) is 46.1 Å². The number of benzene rings is 1. The molecule has 0 radical (unpaired) electrons. The van der Waals surface area contributed by atoms with Gasteiger partial charge in [-0.15, -0.1) is 0 Å². The van der Waals surface area contributed by atoms with Gasteiger partial charge in [0.05, 0.1) is 5.39 Å². The molecule has 0 N–H and O–H groups in total. The molecule has 3 aromatic rings. The van der Waals surface area contributed by atoms with Gasteiger partial charge in [-0.25, -0.2) is 14.4 Å². The van der Waals surface area contributed by atoms with Crippen molar-refractivity contribution in [3.63, 3.8) is 0 Å². The summed E-state index contributed by atoms with van der Waals surface area (Å²) in [5, 5.41) is 1.41. The number of piperidine rings is 1. The zero-order valence-corrected chi connectivity index (χ0v) is 21.8. The second kappa shape index (κ2) is 10.8. The number of rotatable bonds is 1. The van der Waals surface area contributed by atoms with E-state index in [2.05, 4.69) is 14.9 Å². The molecule has 1 unspecified atom stereocenters. The molecule has 6 heteroatoms. The average molecular weight is 495 g/mol. The fourth-order valence-electron chi connectivity index (χ4n) is 5.85. The first kappa shape index (κ1) is 24.4. The molecule has 186 valence electrons. The highest BCUT2D eigenvalue weighted by molar-refractivity contribution is 6.31. The van der Waals surface area contributed by atoms with Crippen LogP contribution in [0.5, 0.6) is 0 Å². The predicted molar refractivity (Wildman–Crippen MR) is 143 cm³/mol. The summed E-state index contributed by atoms with van der Waals surface area (Å²) in [6, 6.07) is 4.00. The average Bonchev–Trinajstić information content (AvgIpc) is 2.86. The maximum atomic E-state index is 16.2. The van der Waals surface area contributed by atoms with Gasteiger partial charge in [0.2, 0.25) is 0 Å². The number of aromatic nitrogens is 3. The van der Waals surface area contributed by atoms with Crippen LogP contribution in [-0.2, 0) is 12.8 Å². The van der Waals surface area contributed by atoms with Gasteiger partial charge in [0.15, 0.2) is 5.82 Å². The Labute approximate surface area is 213 Å². The smallest absolute Gasteiger partial charge is 0.175 e. The molecule has 3 aliphatic rings. The number of nitrogens with zero attached hydrogens (tertiary/aromatic N) is 4. The van der Waals surface area contributed by atoms with Gasteiger partial charge in [0.25, 0.3) is 0 Å². The van der Waals surface area contributed by atoms with Crippen molar-refractivity contribution in [2.75, 3.05) is 18.0 Å². The van der Waals surface area contributed by atoms with Gasteiger partial charge < -0.3 is 4.90 Å². The molecule has 3 aliphatic heterocycles. The first-order valence-corrected chi connectivity index (χ1v) is 13.8. The molecule has 35 heavy (non-hydrogen) atoms. The molecule has 2 aromatic heterocycles. The Bertz CT molecular complexity index is 1210. The topological polar surface area (TPSA) is 41.9 Å². The van der Waals surface area contributed by atoms with Crippen LogP contribution in [0.25, 0.3) is 22.2 Å². The van der Waals surface area contributed by atoms with Crippen LogP contribution in [0, 0.1) is 18.7 Å². The SMILES string of the molecule is CCc1nc2c3cnc(c(F)c3n1)-c1cc(C)cc(Cl)c1CCCCCCCCC1CCCN2C1. The second-order valence-electron chi connectivity index (χ2n) is 10.4. The lowest BCUT2D eigenvalue weighted by atomic mass is 9.91. The molecule has 0 saturated carbocycles. The van der Waals surface area contributed by atoms with Gasteiger partial charge in [0, 0.05) is 36.3 Å². The Morgan fingerprint density at radius 2 is 1.80 bits per heavy atom. The van der Waals surface area contributed by atoms with Crippen LogP contribution in [0.3, 0.4) is 0 Å². The Hall–Kier alpha value is -2.27. The summed E-state index contributed by atoms with van der Waals surface area (Å²) in [6.45, 7) is 5.96. The first-order valence-electron chi connectivity index (χ1n) is 13.4. The van der Waals surface area contributed by atoms with E-state index in [9.17, 15) is 0 Å². The van der Waals surface area contributed by atoms with E-state index in [0.29, 0.717) is 39.8 Å². The molecular weight excluding hydrogens is 459 g/mol. The summed E-state index contributed by atoms with van der Waals surface area (Å²) in [5.74, 6) is 1.84. The van der Waals surface area contributed by atoms with E-state index in [1.807, 2.05) is 26.0 Å². The Morgan fingerprint density at radius 1 is 1.03 bits per heavy atom. The number of fused-ring (bicyclic) bond motifs is 8. The predicted octanol–water partition coefficient (Wildman–Crippen LogP) is 7.86. The van der Waals surface area contributed by atoms with Crippen molar-refractivity contribution in [1.29, 1.82) is 0 Å². The fourth-order valence-corrected chi connectivity index (χ4v) is 6.21. The number of hydrogen-bond acceptors (Lipinski definition) is 4. The van der Waals surface area contributed by atoms with E-state index in [0.717, 1.165) is 54.9 Å². The molecule has 0 amide bonds. The highest BCUT2D eigenvalue weighted by Gasteiger charge is 2.26. The standard InChI is InChI=1S/C29H36ClFN4/c1-3-25-33-28-23-17-32-27(26(28)31)22-15-19(2)16-24(30)21(22)13-9-7-5-4-6-8-11-20-12-10-14-35(18-20)29(23)34-25/h15-17,20H,3-14,18H2,1-2H3. The van der Waals surface area contributed by atoms with Crippen LogP contribution in [0.4, 0.5) is 10.2 Å². The molecule has 0 spiro atoms. The number of halogens is 2. The van der Waals surface area contributed by atoms with Gasteiger partial charge >= 0.3 is 0 Å². The van der Waals surface area contributed by atoms with Gasteiger partial charge in [-0.3, -0.25) is 4.98 Å². The van der Waals surface area contributed by atoms with Crippen LogP contribution in [0.2, 0.25) is 5.02 Å². The highest BCUT2D eigenvalue weighted by atomic mass is 35.5. The number of aryl methyl sites for hydroxylation is 2. The third-order valence-corrected chi connectivity index (χ3v) is 8.07. The van der Waals surface area contributed by atoms with Crippen molar-refractivity contribution in [2.24, 2.45) is 5.92 Å². The van der Waals surface area contributed by atoms with Gasteiger partial charge in [0.1, 0.15) is 22.9 Å². The quantitative estimate of drug-likeness (QED) is 0.345. The van der Waals surface area contributed by atoms with E-state index in [-0.39, 0.29) is 5.82 Å². The van der Waals surface area contributed by atoms with E-state index in [1.165, 1.54) is 44.9 Å². The summed E-state index contributed by atoms with van der Waals surface area (Å²) in [6.07, 6.45) is 14.3. The molecule has 6 bridgehead atoms. The van der Waals surface area contributed by atoms with Crippen molar-refractivity contribution < 1.29 is 4.39 Å². The summed E-state index contributed by atoms with van der Waals surface area (Å²) in [7, 11) is 0. The summed E-state index contributed by atoms with van der Waals surface area (Å²) >= 11 is 6.71. The van der Waals surface area contributed by atoms with Crippen LogP contribution < -0.4 is 4.90 Å². The van der Waals surface area contributed by atoms with Crippen LogP contribution in [-0.4, -0.2) is 28.0 Å². The minimum absolute atomic E-state index is 0.349. The third kappa shape index (κ3) is 5.16. The monoisotopic (exact) mass is 494 g/mol. The largest absolute Gasteiger partial charge is 0.356 e. The van der Waals surface area contributed by atoms with Gasteiger partial charge in [-0.2, -0.15) is 0 Å². The molecular formula is C29H36ClFN4. The Morgan fingerprint density at radius 3 is 2.63 bits per heavy atom. The molecule has 1 atom stereocenters. The molecule has 1 aromatic carbocycles. The van der Waals surface area contributed by atoms with Crippen LogP contribution in [0.1, 0.15) is 81.7 Å². The maximum Gasteiger partial charge on any atom is 0.175 e. The Balaban J connectivity index is 1.68. The fraction of sp³-hybridized carbons (Fsp3) is 0.552. The summed E-state index contributed by atoms with van der Waals surface area (Å²) < 4.78 is 16.2. The van der Waals surface area contributed by atoms with E-state index >= 15 is 4.39 Å².